The van der Waals surface area contributed by atoms with Gasteiger partial charge in [-0.05, 0) is 50.4 Å². The predicted octanol–water partition coefficient (Wildman–Crippen LogP) is 4.02. The van der Waals surface area contributed by atoms with Gasteiger partial charge in [0.25, 0.3) is 0 Å². The van der Waals surface area contributed by atoms with Crippen LogP contribution in [0.25, 0.3) is 5.69 Å². The van der Waals surface area contributed by atoms with Gasteiger partial charge in [0, 0.05) is 6.20 Å². The van der Waals surface area contributed by atoms with Crippen molar-refractivity contribution in [2.24, 2.45) is 0 Å². The fraction of sp³-hybridized carbons (Fsp3) is 0.389. The van der Waals surface area contributed by atoms with Crippen LogP contribution in [0.15, 0.2) is 54.2 Å². The first-order valence-electron chi connectivity index (χ1n) is 7.92. The van der Waals surface area contributed by atoms with Gasteiger partial charge in [0.1, 0.15) is 0 Å². The first-order valence-corrected chi connectivity index (χ1v) is 7.92. The fourth-order valence-electron chi connectivity index (χ4n) is 2.97. The van der Waals surface area contributed by atoms with Crippen LogP contribution in [-0.2, 0) is 0 Å². The normalized spacial score (nSPS) is 16.5. The van der Waals surface area contributed by atoms with Gasteiger partial charge < -0.3 is 5.32 Å². The lowest BCUT2D eigenvalue weighted by molar-refractivity contribution is 0.550. The van der Waals surface area contributed by atoms with E-state index in [1.807, 2.05) is 22.9 Å². The number of para-hydroxylation sites is 1. The number of likely N-dealkylation sites (N-methyl/N-ethyl adjacent to an activating group) is 1. The number of aromatic nitrogens is 2. The van der Waals surface area contributed by atoms with E-state index in [2.05, 4.69) is 42.7 Å². The third kappa shape index (κ3) is 3.24. The first kappa shape index (κ1) is 14.1. The first-order chi connectivity index (χ1) is 10.4. The van der Waals surface area contributed by atoms with E-state index in [-0.39, 0.29) is 6.04 Å². The number of benzene rings is 1. The predicted molar refractivity (Wildman–Crippen MR) is 86.5 cm³/mol. The number of rotatable bonds is 5. The van der Waals surface area contributed by atoms with Crippen LogP contribution in [0.4, 0.5) is 0 Å². The Kier molecular flexibility index (Phi) is 4.51. The highest BCUT2D eigenvalue weighted by atomic mass is 15.3. The van der Waals surface area contributed by atoms with Crippen molar-refractivity contribution in [3.8, 4) is 5.69 Å². The molecule has 110 valence electrons. The molecule has 3 heteroatoms. The molecule has 1 atom stereocenters. The van der Waals surface area contributed by atoms with E-state index in [0.717, 1.165) is 17.9 Å². The minimum atomic E-state index is 0.264. The van der Waals surface area contributed by atoms with Gasteiger partial charge >= 0.3 is 0 Å². The third-order valence-corrected chi connectivity index (χ3v) is 4.03. The molecule has 1 aliphatic rings. The average molecular weight is 281 g/mol. The number of hydrogen-bond acceptors (Lipinski definition) is 2. The zero-order chi connectivity index (χ0) is 14.5. The van der Waals surface area contributed by atoms with Gasteiger partial charge in [-0.3, -0.25) is 0 Å². The van der Waals surface area contributed by atoms with Gasteiger partial charge in [-0.15, -0.1) is 0 Å². The van der Waals surface area contributed by atoms with Gasteiger partial charge in [0.2, 0.25) is 0 Å². The molecule has 2 aromatic rings. The molecule has 1 heterocycles. The van der Waals surface area contributed by atoms with Crippen LogP contribution in [0.2, 0.25) is 0 Å². The molecule has 1 unspecified atom stereocenters. The van der Waals surface area contributed by atoms with E-state index >= 15 is 0 Å². The summed E-state index contributed by atoms with van der Waals surface area (Å²) in [6, 6.07) is 12.7. The van der Waals surface area contributed by atoms with Crippen molar-refractivity contribution in [2.45, 2.75) is 38.6 Å². The molecule has 0 aliphatic heterocycles. The smallest absolute Gasteiger partial charge is 0.0840 e. The van der Waals surface area contributed by atoms with E-state index in [1.165, 1.54) is 31.3 Å². The van der Waals surface area contributed by atoms with Crippen LogP contribution in [0.1, 0.15) is 44.3 Å². The fourth-order valence-corrected chi connectivity index (χ4v) is 2.97. The molecule has 0 radical (unpaired) electrons. The second-order valence-corrected chi connectivity index (χ2v) is 5.54. The second kappa shape index (κ2) is 6.72. The highest BCUT2D eigenvalue weighted by Gasteiger charge is 2.19. The van der Waals surface area contributed by atoms with Crippen LogP contribution in [0.5, 0.6) is 0 Å². The highest BCUT2D eigenvalue weighted by molar-refractivity contribution is 5.32. The molecule has 0 bridgehead atoms. The Morgan fingerprint density at radius 1 is 1.19 bits per heavy atom. The van der Waals surface area contributed by atoms with Crippen molar-refractivity contribution in [3.63, 3.8) is 0 Å². The summed E-state index contributed by atoms with van der Waals surface area (Å²) in [7, 11) is 0. The molecular weight excluding hydrogens is 258 g/mol. The molecule has 1 aliphatic carbocycles. The van der Waals surface area contributed by atoms with Gasteiger partial charge in [-0.1, -0.05) is 36.8 Å². The maximum Gasteiger partial charge on any atom is 0.0840 e. The molecule has 21 heavy (non-hydrogen) atoms. The van der Waals surface area contributed by atoms with Crippen LogP contribution in [0, 0.1) is 0 Å². The van der Waals surface area contributed by atoms with E-state index < -0.39 is 0 Å². The Morgan fingerprint density at radius 2 is 2.05 bits per heavy atom. The van der Waals surface area contributed by atoms with Crippen LogP contribution < -0.4 is 5.32 Å². The quantitative estimate of drug-likeness (QED) is 0.839. The summed E-state index contributed by atoms with van der Waals surface area (Å²) in [6.45, 7) is 3.12. The van der Waals surface area contributed by atoms with E-state index in [9.17, 15) is 0 Å². The minimum absolute atomic E-state index is 0.264. The maximum absolute atomic E-state index is 4.79. The number of nitrogens with one attached hydrogen (secondary N) is 1. The average Bonchev–Trinajstić information content (AvgIpc) is 3.04. The molecule has 1 aromatic heterocycles. The van der Waals surface area contributed by atoms with Crippen LogP contribution in [-0.4, -0.2) is 16.3 Å². The molecule has 0 spiro atoms. The van der Waals surface area contributed by atoms with Crippen molar-refractivity contribution in [2.75, 3.05) is 6.54 Å². The summed E-state index contributed by atoms with van der Waals surface area (Å²) in [4.78, 5) is 0. The summed E-state index contributed by atoms with van der Waals surface area (Å²) in [5, 5.41) is 8.38. The monoisotopic (exact) mass is 281 g/mol. The molecule has 0 saturated heterocycles. The molecular formula is C18H23N3. The Morgan fingerprint density at radius 3 is 2.76 bits per heavy atom. The molecule has 3 nitrogen and oxygen atoms in total. The molecule has 1 N–H and O–H groups in total. The summed E-state index contributed by atoms with van der Waals surface area (Å²) < 4.78 is 1.96. The van der Waals surface area contributed by atoms with Crippen molar-refractivity contribution >= 4 is 0 Å². The van der Waals surface area contributed by atoms with Gasteiger partial charge in [-0.2, -0.15) is 5.10 Å². The van der Waals surface area contributed by atoms with Crippen molar-refractivity contribution in [3.05, 3.63) is 59.9 Å². The molecule has 1 aromatic carbocycles. The maximum atomic E-state index is 4.79. The summed E-state index contributed by atoms with van der Waals surface area (Å²) >= 11 is 0. The summed E-state index contributed by atoms with van der Waals surface area (Å²) in [6.07, 6.45) is 9.47. The van der Waals surface area contributed by atoms with Crippen molar-refractivity contribution in [1.82, 2.24) is 15.1 Å². The van der Waals surface area contributed by atoms with Gasteiger partial charge in [0.15, 0.2) is 0 Å². The summed E-state index contributed by atoms with van der Waals surface area (Å²) in [5.41, 5.74) is 3.73. The zero-order valence-corrected chi connectivity index (χ0v) is 12.6. The molecule has 0 saturated carbocycles. The topological polar surface area (TPSA) is 29.9 Å². The molecule has 3 rings (SSSR count). The molecule has 0 amide bonds. The zero-order valence-electron chi connectivity index (χ0n) is 12.6. The third-order valence-electron chi connectivity index (χ3n) is 4.03. The summed E-state index contributed by atoms with van der Waals surface area (Å²) in [5.74, 6) is 0. The Labute approximate surface area is 126 Å². The van der Waals surface area contributed by atoms with Gasteiger partial charge in [0.05, 0.1) is 17.4 Å². The lowest BCUT2D eigenvalue weighted by atomic mass is 9.92. The second-order valence-electron chi connectivity index (χ2n) is 5.54. The van der Waals surface area contributed by atoms with Crippen LogP contribution in [0.3, 0.4) is 0 Å². The lowest BCUT2D eigenvalue weighted by Crippen LogP contribution is -2.24. The number of hydrogen-bond donors (Lipinski definition) is 1. The highest BCUT2D eigenvalue weighted by Crippen LogP contribution is 2.29. The van der Waals surface area contributed by atoms with E-state index in [4.69, 9.17) is 5.10 Å². The Bertz CT molecular complexity index is 598. The van der Waals surface area contributed by atoms with E-state index in [1.54, 1.807) is 0 Å². The Hall–Kier alpha value is -1.87. The SMILES string of the molecule is CCNC(C1=CCCCC1)c1ccn(-c2ccccc2)n1. The number of allylic oxidation sites excluding steroid dienone is 1. The van der Waals surface area contributed by atoms with Crippen molar-refractivity contribution in [1.29, 1.82) is 0 Å². The van der Waals surface area contributed by atoms with E-state index in [0.29, 0.717) is 0 Å². The van der Waals surface area contributed by atoms with Gasteiger partial charge in [-0.25, -0.2) is 4.68 Å². The number of nitrogens with zero attached hydrogens (tertiary/aromatic N) is 2. The molecule has 0 fully saturated rings. The van der Waals surface area contributed by atoms with Crippen LogP contribution >= 0.6 is 0 Å². The minimum Gasteiger partial charge on any atom is -0.305 e. The van der Waals surface area contributed by atoms with Crippen molar-refractivity contribution < 1.29 is 0 Å². The Balaban J connectivity index is 1.87. The standard InChI is InChI=1S/C18H23N3/c1-2-19-18(15-9-5-3-6-10-15)17-13-14-21(20-17)16-11-7-4-8-12-16/h4,7-9,11-14,18-19H,2-3,5-6,10H2,1H3. The lowest BCUT2D eigenvalue weighted by Gasteiger charge is -2.22. The largest absolute Gasteiger partial charge is 0.305 e.